The van der Waals surface area contributed by atoms with Gasteiger partial charge in [-0.2, -0.15) is 0 Å². The van der Waals surface area contributed by atoms with E-state index in [-0.39, 0.29) is 11.6 Å². The molecule has 0 spiro atoms. The molecule has 1 heterocycles. The highest BCUT2D eigenvalue weighted by Gasteiger charge is 2.13. The Kier molecular flexibility index (Phi) is 6.34. The number of fused-ring (bicyclic) bond motifs is 1. The van der Waals surface area contributed by atoms with E-state index in [1.165, 1.54) is 0 Å². The van der Waals surface area contributed by atoms with Gasteiger partial charge in [-0.3, -0.25) is 9.36 Å². The summed E-state index contributed by atoms with van der Waals surface area (Å²) in [6, 6.07) is 5.92. The van der Waals surface area contributed by atoms with Crippen LogP contribution in [0.2, 0.25) is 0 Å². The van der Waals surface area contributed by atoms with Crippen LogP contribution in [-0.4, -0.2) is 50.1 Å². The van der Waals surface area contributed by atoms with E-state index in [4.69, 9.17) is 9.47 Å². The van der Waals surface area contributed by atoms with Gasteiger partial charge in [0, 0.05) is 39.0 Å². The van der Waals surface area contributed by atoms with Gasteiger partial charge in [-0.1, -0.05) is 0 Å². The van der Waals surface area contributed by atoms with E-state index in [9.17, 15) is 4.79 Å². The number of hydrogen-bond donors (Lipinski definition) is 0. The number of aromatic nitrogens is 2. The minimum atomic E-state index is 0.00721. The van der Waals surface area contributed by atoms with E-state index in [0.29, 0.717) is 18.6 Å². The zero-order chi connectivity index (χ0) is 17.7. The van der Waals surface area contributed by atoms with Crippen LogP contribution in [0.1, 0.15) is 25.7 Å². The first-order chi connectivity index (χ1) is 11.5. The first-order valence-corrected chi connectivity index (χ1v) is 8.25. The minimum absolute atomic E-state index is 0.00721. The predicted octanol–water partition coefficient (Wildman–Crippen LogP) is 2.39. The Bertz CT molecular complexity index is 732. The highest BCUT2D eigenvalue weighted by molar-refractivity contribution is 5.82. The van der Waals surface area contributed by atoms with E-state index >= 15 is 0 Å². The fraction of sp³-hybridized carbons (Fsp3) is 0.556. The normalized spacial score (nSPS) is 11.4. The number of benzene rings is 1. The zero-order valence-corrected chi connectivity index (χ0v) is 15.2. The molecule has 0 aliphatic heterocycles. The van der Waals surface area contributed by atoms with Crippen LogP contribution in [0.4, 0.5) is 5.69 Å². The summed E-state index contributed by atoms with van der Waals surface area (Å²) in [4.78, 5) is 19.6. The van der Waals surface area contributed by atoms with Crippen LogP contribution in [0, 0.1) is 6.92 Å². The summed E-state index contributed by atoms with van der Waals surface area (Å²) in [5, 5.41) is 0.645. The fourth-order valence-corrected chi connectivity index (χ4v) is 2.88. The van der Waals surface area contributed by atoms with Gasteiger partial charge in [0.1, 0.15) is 5.82 Å². The number of methoxy groups -OCH3 is 2. The van der Waals surface area contributed by atoms with Gasteiger partial charge in [-0.25, -0.2) is 4.98 Å². The number of hydrogen-bond acceptors (Lipinski definition) is 5. The molecule has 0 radical (unpaired) electrons. The van der Waals surface area contributed by atoms with Crippen molar-refractivity contribution < 1.29 is 9.47 Å². The van der Waals surface area contributed by atoms with Gasteiger partial charge in [-0.05, 0) is 39.0 Å². The number of rotatable bonds is 8. The smallest absolute Gasteiger partial charge is 0.261 e. The number of nitrogens with zero attached hydrogens (tertiary/aromatic N) is 3. The van der Waals surface area contributed by atoms with Gasteiger partial charge in [0.15, 0.2) is 0 Å². The highest BCUT2D eigenvalue weighted by Crippen LogP contribution is 2.20. The molecule has 0 aliphatic carbocycles. The highest BCUT2D eigenvalue weighted by atomic mass is 16.5. The molecule has 0 unspecified atom stereocenters. The van der Waals surface area contributed by atoms with E-state index < -0.39 is 0 Å². The molecule has 0 saturated carbocycles. The average Bonchev–Trinajstić information content (AvgIpc) is 2.54. The summed E-state index contributed by atoms with van der Waals surface area (Å²) in [6.07, 6.45) is 0. The lowest BCUT2D eigenvalue weighted by molar-refractivity contribution is 0.190. The Hall–Kier alpha value is -1.92. The number of ether oxygens (including phenoxy) is 2. The van der Waals surface area contributed by atoms with Crippen molar-refractivity contribution in [3.05, 3.63) is 34.4 Å². The lowest BCUT2D eigenvalue weighted by Crippen LogP contribution is -2.31. The Labute approximate surface area is 143 Å². The molecule has 0 bridgehead atoms. The fourth-order valence-electron chi connectivity index (χ4n) is 2.88. The van der Waals surface area contributed by atoms with Crippen molar-refractivity contribution in [3.8, 4) is 0 Å². The molecule has 0 N–H and O–H groups in total. The molecule has 0 fully saturated rings. The van der Waals surface area contributed by atoms with Crippen molar-refractivity contribution in [1.29, 1.82) is 0 Å². The lowest BCUT2D eigenvalue weighted by atomic mass is 10.2. The van der Waals surface area contributed by atoms with Crippen LogP contribution in [0.3, 0.4) is 0 Å². The van der Waals surface area contributed by atoms with Crippen LogP contribution in [0.25, 0.3) is 10.9 Å². The van der Waals surface area contributed by atoms with Crippen LogP contribution in [0.5, 0.6) is 0 Å². The Balaban J connectivity index is 2.49. The van der Waals surface area contributed by atoms with Crippen molar-refractivity contribution >= 4 is 16.6 Å². The molecule has 0 amide bonds. The molecule has 0 aliphatic rings. The summed E-state index contributed by atoms with van der Waals surface area (Å²) in [6.45, 7) is 8.57. The molecule has 2 rings (SSSR count). The standard InChI is InChI=1S/C18H27N3O3/c1-13(2)21-14(3)19-17-7-6-15(12-16(17)18(21)22)20(8-10-23-4)9-11-24-5/h6-7,12-13H,8-11H2,1-5H3. The second-order valence-corrected chi connectivity index (χ2v) is 6.10. The Morgan fingerprint density at radius 1 is 1.17 bits per heavy atom. The summed E-state index contributed by atoms with van der Waals surface area (Å²) in [5.74, 6) is 0.742. The van der Waals surface area contributed by atoms with Gasteiger partial charge in [0.25, 0.3) is 5.56 Å². The summed E-state index contributed by atoms with van der Waals surface area (Å²) >= 11 is 0. The monoisotopic (exact) mass is 333 g/mol. The second kappa shape index (κ2) is 8.26. The molecule has 2 aromatic rings. The Morgan fingerprint density at radius 3 is 2.33 bits per heavy atom. The lowest BCUT2D eigenvalue weighted by Gasteiger charge is -2.24. The number of anilines is 1. The molecule has 0 saturated heterocycles. The SMILES string of the molecule is COCCN(CCOC)c1ccc2nc(C)n(C(C)C)c(=O)c2c1. The van der Waals surface area contributed by atoms with E-state index in [1.807, 2.05) is 39.0 Å². The third-order valence-corrected chi connectivity index (χ3v) is 4.07. The van der Waals surface area contributed by atoms with Gasteiger partial charge < -0.3 is 14.4 Å². The predicted molar refractivity (Wildman–Crippen MR) is 97.1 cm³/mol. The van der Waals surface area contributed by atoms with E-state index in [0.717, 1.165) is 30.1 Å². The quantitative estimate of drug-likeness (QED) is 0.742. The summed E-state index contributed by atoms with van der Waals surface area (Å²) in [7, 11) is 3.37. The number of aryl methyl sites for hydroxylation is 1. The van der Waals surface area contributed by atoms with Crippen LogP contribution < -0.4 is 10.5 Å². The zero-order valence-electron chi connectivity index (χ0n) is 15.2. The van der Waals surface area contributed by atoms with Crippen molar-refractivity contribution in [3.63, 3.8) is 0 Å². The molecule has 24 heavy (non-hydrogen) atoms. The third kappa shape index (κ3) is 3.94. The third-order valence-electron chi connectivity index (χ3n) is 4.07. The minimum Gasteiger partial charge on any atom is -0.383 e. The molecule has 6 nitrogen and oxygen atoms in total. The molecule has 0 atom stereocenters. The van der Waals surface area contributed by atoms with E-state index in [1.54, 1.807) is 18.8 Å². The topological polar surface area (TPSA) is 56.6 Å². The van der Waals surface area contributed by atoms with Gasteiger partial charge in [-0.15, -0.1) is 0 Å². The maximum absolute atomic E-state index is 12.8. The molecular formula is C18H27N3O3. The van der Waals surface area contributed by atoms with Crippen LogP contribution >= 0.6 is 0 Å². The van der Waals surface area contributed by atoms with Crippen molar-refractivity contribution in [1.82, 2.24) is 9.55 Å². The van der Waals surface area contributed by atoms with Crippen molar-refractivity contribution in [2.75, 3.05) is 45.4 Å². The Morgan fingerprint density at radius 2 is 1.79 bits per heavy atom. The second-order valence-electron chi connectivity index (χ2n) is 6.10. The molecule has 132 valence electrons. The molecule has 1 aromatic carbocycles. The van der Waals surface area contributed by atoms with Crippen LogP contribution in [-0.2, 0) is 9.47 Å². The average molecular weight is 333 g/mol. The van der Waals surface area contributed by atoms with Crippen LogP contribution in [0.15, 0.2) is 23.0 Å². The largest absolute Gasteiger partial charge is 0.383 e. The molecular weight excluding hydrogens is 306 g/mol. The maximum Gasteiger partial charge on any atom is 0.261 e. The van der Waals surface area contributed by atoms with E-state index in [2.05, 4.69) is 9.88 Å². The van der Waals surface area contributed by atoms with Gasteiger partial charge in [0.05, 0.1) is 24.1 Å². The molecule has 6 heteroatoms. The summed E-state index contributed by atoms with van der Waals surface area (Å²) < 4.78 is 12.1. The van der Waals surface area contributed by atoms with Gasteiger partial charge in [0.2, 0.25) is 0 Å². The van der Waals surface area contributed by atoms with Crippen molar-refractivity contribution in [2.45, 2.75) is 26.8 Å². The molecule has 1 aromatic heterocycles. The first-order valence-electron chi connectivity index (χ1n) is 8.25. The van der Waals surface area contributed by atoms with Gasteiger partial charge >= 0.3 is 0 Å². The maximum atomic E-state index is 12.8. The summed E-state index contributed by atoms with van der Waals surface area (Å²) in [5.41, 5.74) is 1.72. The first kappa shape index (κ1) is 18.4. The van der Waals surface area contributed by atoms with Crippen molar-refractivity contribution in [2.24, 2.45) is 0 Å².